The molecule has 1 saturated heterocycles. The second-order valence-corrected chi connectivity index (χ2v) is 8.39. The van der Waals surface area contributed by atoms with Gasteiger partial charge in [-0.2, -0.15) is 0 Å². The molecule has 1 aromatic heterocycles. The Hall–Kier alpha value is -2.80. The van der Waals surface area contributed by atoms with E-state index < -0.39 is 0 Å². The molecule has 4 rings (SSSR count). The first-order valence-electron chi connectivity index (χ1n) is 11.4. The fourth-order valence-electron chi connectivity index (χ4n) is 4.48. The van der Waals surface area contributed by atoms with Gasteiger partial charge in [0.25, 0.3) is 5.91 Å². The van der Waals surface area contributed by atoms with Gasteiger partial charge in [0, 0.05) is 37.4 Å². The quantitative estimate of drug-likeness (QED) is 0.468. The normalized spacial score (nSPS) is 20.2. The smallest absolute Gasteiger partial charge is 0.291 e. The first-order valence-corrected chi connectivity index (χ1v) is 11.4. The molecule has 31 heavy (non-hydrogen) atoms. The lowest BCUT2D eigenvalue weighted by molar-refractivity contribution is 0.0996. The van der Waals surface area contributed by atoms with E-state index in [9.17, 15) is 4.79 Å². The lowest BCUT2D eigenvalue weighted by atomic mass is 10.2. The van der Waals surface area contributed by atoms with Crippen LogP contribution in [0.2, 0.25) is 0 Å². The van der Waals surface area contributed by atoms with E-state index in [1.165, 1.54) is 44.9 Å². The number of benzene rings is 1. The van der Waals surface area contributed by atoms with Crippen molar-refractivity contribution >= 4 is 17.6 Å². The van der Waals surface area contributed by atoms with E-state index in [0.717, 1.165) is 36.3 Å². The summed E-state index contributed by atoms with van der Waals surface area (Å²) < 4.78 is 5.12. The minimum Gasteiger partial charge on any atom is -0.459 e. The highest BCUT2D eigenvalue weighted by Crippen LogP contribution is 2.26. The van der Waals surface area contributed by atoms with Crippen molar-refractivity contribution < 1.29 is 9.21 Å². The molecule has 2 aliphatic rings. The third kappa shape index (κ3) is 5.88. The van der Waals surface area contributed by atoms with Gasteiger partial charge in [-0.3, -0.25) is 9.69 Å². The maximum atomic E-state index is 12.1. The summed E-state index contributed by atoms with van der Waals surface area (Å²) in [5, 5.41) is 9.83. The Balaban J connectivity index is 1.29. The Morgan fingerprint density at radius 2 is 1.97 bits per heavy atom. The number of rotatable bonds is 7. The molecule has 2 heterocycles. The fourth-order valence-corrected chi connectivity index (χ4v) is 4.48. The molecule has 1 amide bonds. The van der Waals surface area contributed by atoms with Gasteiger partial charge >= 0.3 is 0 Å². The van der Waals surface area contributed by atoms with E-state index in [4.69, 9.17) is 9.41 Å². The maximum absolute atomic E-state index is 12.1. The van der Waals surface area contributed by atoms with Gasteiger partial charge in [0.15, 0.2) is 11.7 Å². The summed E-state index contributed by atoms with van der Waals surface area (Å²) in [7, 11) is 0. The number of guanidine groups is 1. The minimum atomic E-state index is -0.252. The summed E-state index contributed by atoms with van der Waals surface area (Å²) in [6.07, 6.45) is 8.15. The molecule has 1 aromatic carbocycles. The average Bonchev–Trinajstić information content (AvgIpc) is 3.55. The van der Waals surface area contributed by atoms with Crippen LogP contribution in [0.3, 0.4) is 0 Å². The number of hydrogen-bond donors (Lipinski definition) is 3. The molecule has 1 saturated carbocycles. The van der Waals surface area contributed by atoms with Gasteiger partial charge < -0.3 is 20.4 Å². The van der Waals surface area contributed by atoms with Crippen molar-refractivity contribution in [2.24, 2.45) is 4.99 Å². The summed E-state index contributed by atoms with van der Waals surface area (Å²) in [6.45, 7) is 5.81. The van der Waals surface area contributed by atoms with Crippen LogP contribution in [0.4, 0.5) is 5.69 Å². The molecular formula is C24H33N5O2. The maximum Gasteiger partial charge on any atom is 0.291 e. The molecule has 1 aliphatic carbocycles. The lowest BCUT2D eigenvalue weighted by Crippen LogP contribution is -2.45. The number of likely N-dealkylation sites (tertiary alicyclic amines) is 1. The summed E-state index contributed by atoms with van der Waals surface area (Å²) in [5.41, 5.74) is 1.82. The zero-order chi connectivity index (χ0) is 21.5. The molecular weight excluding hydrogens is 390 g/mol. The monoisotopic (exact) mass is 423 g/mol. The van der Waals surface area contributed by atoms with Gasteiger partial charge in [0.05, 0.1) is 12.8 Å². The number of nitrogens with one attached hydrogen (secondary N) is 3. The van der Waals surface area contributed by atoms with Crippen LogP contribution in [0, 0.1) is 0 Å². The SMILES string of the molecule is CCNC(=NCc1ccc(NC(=O)c2ccco2)cc1)NC1CCN(C2CCCC2)C1. The van der Waals surface area contributed by atoms with E-state index in [1.807, 2.05) is 24.3 Å². The summed E-state index contributed by atoms with van der Waals surface area (Å²) in [5.74, 6) is 0.919. The van der Waals surface area contributed by atoms with Gasteiger partial charge in [0.2, 0.25) is 0 Å². The van der Waals surface area contributed by atoms with Crippen molar-refractivity contribution in [3.63, 3.8) is 0 Å². The summed E-state index contributed by atoms with van der Waals surface area (Å²) in [6, 6.07) is 12.3. The number of carbonyl (C=O) groups excluding carboxylic acids is 1. The van der Waals surface area contributed by atoms with Crippen molar-refractivity contribution in [2.75, 3.05) is 25.0 Å². The predicted octanol–water partition coefficient (Wildman–Crippen LogP) is 3.60. The molecule has 0 spiro atoms. The van der Waals surface area contributed by atoms with Crippen LogP contribution < -0.4 is 16.0 Å². The molecule has 2 aromatic rings. The highest BCUT2D eigenvalue weighted by Gasteiger charge is 2.30. The molecule has 0 radical (unpaired) electrons. The molecule has 166 valence electrons. The molecule has 7 heteroatoms. The Morgan fingerprint density at radius 1 is 1.16 bits per heavy atom. The van der Waals surface area contributed by atoms with Crippen LogP contribution in [-0.4, -0.2) is 48.5 Å². The third-order valence-corrected chi connectivity index (χ3v) is 6.12. The molecule has 7 nitrogen and oxygen atoms in total. The zero-order valence-corrected chi connectivity index (χ0v) is 18.3. The van der Waals surface area contributed by atoms with Crippen LogP contribution >= 0.6 is 0 Å². The van der Waals surface area contributed by atoms with Gasteiger partial charge in [-0.15, -0.1) is 0 Å². The van der Waals surface area contributed by atoms with Crippen LogP contribution in [0.5, 0.6) is 0 Å². The van der Waals surface area contributed by atoms with Crippen LogP contribution in [0.1, 0.15) is 55.1 Å². The van der Waals surface area contributed by atoms with Crippen molar-refractivity contribution in [1.82, 2.24) is 15.5 Å². The largest absolute Gasteiger partial charge is 0.459 e. The molecule has 0 bridgehead atoms. The molecule has 2 fully saturated rings. The molecule has 1 atom stereocenters. The Bertz CT molecular complexity index is 857. The van der Waals surface area contributed by atoms with Gasteiger partial charge in [-0.1, -0.05) is 25.0 Å². The molecule has 1 aliphatic heterocycles. The van der Waals surface area contributed by atoms with E-state index in [1.54, 1.807) is 12.1 Å². The summed E-state index contributed by atoms with van der Waals surface area (Å²) >= 11 is 0. The number of hydrogen-bond acceptors (Lipinski definition) is 4. The standard InChI is InChI=1S/C24H33N5O2/c1-2-25-24(28-20-13-14-29(17-20)21-6-3-4-7-21)26-16-18-9-11-19(12-10-18)27-23(30)22-8-5-15-31-22/h5,8-12,15,20-21H,2-4,6-7,13-14,16-17H2,1H3,(H,27,30)(H2,25,26,28). The number of aliphatic imine (C=N–C) groups is 1. The van der Waals surface area contributed by atoms with Crippen molar-refractivity contribution in [2.45, 2.75) is 57.7 Å². The van der Waals surface area contributed by atoms with Crippen LogP contribution in [-0.2, 0) is 6.54 Å². The predicted molar refractivity (Wildman–Crippen MR) is 123 cm³/mol. The number of anilines is 1. The topological polar surface area (TPSA) is 81.9 Å². The lowest BCUT2D eigenvalue weighted by Gasteiger charge is -2.24. The van der Waals surface area contributed by atoms with Crippen LogP contribution in [0.15, 0.2) is 52.1 Å². The highest BCUT2D eigenvalue weighted by atomic mass is 16.3. The van der Waals surface area contributed by atoms with Gasteiger partial charge in [-0.05, 0) is 56.0 Å². The van der Waals surface area contributed by atoms with Crippen molar-refractivity contribution in [3.8, 4) is 0 Å². The van der Waals surface area contributed by atoms with Crippen molar-refractivity contribution in [1.29, 1.82) is 0 Å². The number of amides is 1. The fraction of sp³-hybridized carbons (Fsp3) is 0.500. The minimum absolute atomic E-state index is 0.252. The first-order chi connectivity index (χ1) is 15.2. The van der Waals surface area contributed by atoms with Crippen LogP contribution in [0.25, 0.3) is 0 Å². The Labute approximate surface area is 184 Å². The molecule has 1 unspecified atom stereocenters. The van der Waals surface area contributed by atoms with Crippen molar-refractivity contribution in [3.05, 3.63) is 54.0 Å². The second-order valence-electron chi connectivity index (χ2n) is 8.39. The van der Waals surface area contributed by atoms with E-state index in [0.29, 0.717) is 18.3 Å². The van der Waals surface area contributed by atoms with E-state index >= 15 is 0 Å². The van der Waals surface area contributed by atoms with E-state index in [2.05, 4.69) is 27.8 Å². The number of carbonyl (C=O) groups is 1. The highest BCUT2D eigenvalue weighted by molar-refractivity contribution is 6.02. The summed E-state index contributed by atoms with van der Waals surface area (Å²) in [4.78, 5) is 19.5. The Morgan fingerprint density at radius 3 is 2.68 bits per heavy atom. The molecule has 3 N–H and O–H groups in total. The van der Waals surface area contributed by atoms with Gasteiger partial charge in [-0.25, -0.2) is 4.99 Å². The third-order valence-electron chi connectivity index (χ3n) is 6.12. The zero-order valence-electron chi connectivity index (χ0n) is 18.3. The first kappa shape index (κ1) is 21.4. The number of nitrogens with zero attached hydrogens (tertiary/aromatic N) is 2. The van der Waals surface area contributed by atoms with Gasteiger partial charge in [0.1, 0.15) is 0 Å². The van der Waals surface area contributed by atoms with E-state index in [-0.39, 0.29) is 5.91 Å². The average molecular weight is 424 g/mol. The second kappa shape index (κ2) is 10.5. The Kier molecular flexibility index (Phi) is 7.25. The number of furan rings is 1.